The third-order valence-electron chi connectivity index (χ3n) is 4.60. The van der Waals surface area contributed by atoms with Crippen LogP contribution in [0.25, 0.3) is 0 Å². The average Bonchev–Trinajstić information content (AvgIpc) is 2.76. The van der Waals surface area contributed by atoms with E-state index in [1.165, 1.54) is 12.1 Å². The number of sulfonamides is 1. The van der Waals surface area contributed by atoms with Crippen molar-refractivity contribution < 1.29 is 17.9 Å². The average molecular weight is 466 g/mol. The highest BCUT2D eigenvalue weighted by Gasteiger charge is 2.25. The second-order valence-electron chi connectivity index (χ2n) is 7.16. The Morgan fingerprint density at radius 1 is 1.23 bits per heavy atom. The Morgan fingerprint density at radius 2 is 1.97 bits per heavy atom. The van der Waals surface area contributed by atoms with E-state index in [1.807, 2.05) is 19.2 Å². The number of ether oxygens (including phenoxy) is 1. The number of aryl methyl sites for hydroxylation is 1. The first-order chi connectivity index (χ1) is 14.9. The third-order valence-corrected chi connectivity index (χ3v) is 6.73. The van der Waals surface area contributed by atoms with Crippen LogP contribution in [0.3, 0.4) is 0 Å². The third kappa shape index (κ3) is 8.16. The van der Waals surface area contributed by atoms with Crippen LogP contribution in [0.2, 0.25) is 0 Å². The molecule has 0 saturated carbocycles. The van der Waals surface area contributed by atoms with Crippen molar-refractivity contribution in [3.63, 3.8) is 0 Å². The maximum Gasteiger partial charge on any atom is 0.241 e. The molecule has 2 aromatic rings. The molecule has 0 spiro atoms. The van der Waals surface area contributed by atoms with E-state index in [-0.39, 0.29) is 17.3 Å². The molecule has 2 N–H and O–H groups in total. The summed E-state index contributed by atoms with van der Waals surface area (Å²) in [6, 6.07) is 9.27. The van der Waals surface area contributed by atoms with E-state index < -0.39 is 16.1 Å². The van der Waals surface area contributed by atoms with Crippen LogP contribution in [0, 0.1) is 6.92 Å². The van der Waals surface area contributed by atoms with E-state index >= 15 is 0 Å². The number of amides is 1. The zero-order chi connectivity index (χ0) is 22.7. The molecule has 1 aromatic carbocycles. The molecule has 170 valence electrons. The number of pyridine rings is 1. The van der Waals surface area contributed by atoms with E-state index in [2.05, 4.69) is 21.9 Å². The Labute approximate surface area is 189 Å². The number of hydrogen-bond donors (Lipinski definition) is 2. The van der Waals surface area contributed by atoms with Gasteiger partial charge in [-0.3, -0.25) is 4.79 Å². The summed E-state index contributed by atoms with van der Waals surface area (Å²) >= 11 is 1.55. The van der Waals surface area contributed by atoms with Crippen LogP contribution in [0.1, 0.15) is 37.3 Å². The van der Waals surface area contributed by atoms with Crippen molar-refractivity contribution in [2.75, 3.05) is 18.6 Å². The Kier molecular flexibility index (Phi) is 10.3. The van der Waals surface area contributed by atoms with E-state index in [4.69, 9.17) is 4.74 Å². The fraction of sp³-hybridized carbons (Fsp3) is 0.455. The predicted molar refractivity (Wildman–Crippen MR) is 125 cm³/mol. The van der Waals surface area contributed by atoms with Gasteiger partial charge in [0.2, 0.25) is 21.8 Å². The lowest BCUT2D eigenvalue weighted by molar-refractivity contribution is -0.122. The van der Waals surface area contributed by atoms with Gasteiger partial charge in [-0.2, -0.15) is 16.5 Å². The number of carbonyl (C=O) groups excluding carboxylic acids is 1. The van der Waals surface area contributed by atoms with Gasteiger partial charge in [0.15, 0.2) is 0 Å². The molecule has 0 aliphatic carbocycles. The molecule has 0 saturated heterocycles. The van der Waals surface area contributed by atoms with E-state index in [1.54, 1.807) is 36.2 Å². The van der Waals surface area contributed by atoms with Crippen molar-refractivity contribution in [3.8, 4) is 5.88 Å². The highest BCUT2D eigenvalue weighted by molar-refractivity contribution is 7.98. The molecule has 0 aliphatic rings. The van der Waals surface area contributed by atoms with Crippen LogP contribution >= 0.6 is 11.8 Å². The number of hydrogen-bond acceptors (Lipinski definition) is 6. The number of aromatic nitrogens is 1. The quantitative estimate of drug-likeness (QED) is 0.441. The van der Waals surface area contributed by atoms with Crippen molar-refractivity contribution in [2.45, 2.75) is 50.6 Å². The standard InChI is InChI=1S/C22H31N3O4S2/c1-4-5-14-29-22-18(7-6-13-23-22)16-24-21(26)20(12-15-30-3)25-31(27,28)19-10-8-17(2)9-11-19/h6-11,13,20,25H,4-5,12,14-16H2,1-3H3,(H,24,26). The van der Waals surface area contributed by atoms with Gasteiger partial charge in [0.25, 0.3) is 0 Å². The number of unbranched alkanes of at least 4 members (excludes halogenated alkanes) is 1. The molecular formula is C22H31N3O4S2. The minimum absolute atomic E-state index is 0.138. The molecule has 0 bridgehead atoms. The van der Waals surface area contributed by atoms with Crippen LogP contribution in [-0.4, -0.2) is 44.0 Å². The van der Waals surface area contributed by atoms with Gasteiger partial charge in [0, 0.05) is 18.3 Å². The van der Waals surface area contributed by atoms with Crippen LogP contribution in [0.15, 0.2) is 47.5 Å². The Bertz CT molecular complexity index is 934. The lowest BCUT2D eigenvalue weighted by atomic mass is 10.2. The highest BCUT2D eigenvalue weighted by Crippen LogP contribution is 2.16. The van der Waals surface area contributed by atoms with Crippen molar-refractivity contribution in [3.05, 3.63) is 53.7 Å². The summed E-state index contributed by atoms with van der Waals surface area (Å²) in [5, 5.41) is 2.83. The summed E-state index contributed by atoms with van der Waals surface area (Å²) in [7, 11) is -3.81. The summed E-state index contributed by atoms with van der Waals surface area (Å²) in [4.78, 5) is 17.2. The SMILES string of the molecule is CCCCOc1ncccc1CNC(=O)C(CCSC)NS(=O)(=O)c1ccc(C)cc1. The molecule has 1 heterocycles. The molecule has 1 atom stereocenters. The summed E-state index contributed by atoms with van der Waals surface area (Å²) in [5.41, 5.74) is 1.71. The number of nitrogens with one attached hydrogen (secondary N) is 2. The number of rotatable bonds is 13. The van der Waals surface area contributed by atoms with Crippen LogP contribution < -0.4 is 14.8 Å². The molecule has 9 heteroatoms. The normalized spacial score (nSPS) is 12.4. The summed E-state index contributed by atoms with van der Waals surface area (Å²) in [6.07, 6.45) is 5.87. The first kappa shape index (κ1) is 25.2. The van der Waals surface area contributed by atoms with Gasteiger partial charge in [-0.1, -0.05) is 37.1 Å². The second-order valence-corrected chi connectivity index (χ2v) is 9.86. The molecule has 1 unspecified atom stereocenters. The van der Waals surface area contributed by atoms with Crippen molar-refractivity contribution in [1.82, 2.24) is 15.0 Å². The van der Waals surface area contributed by atoms with Gasteiger partial charge in [0.1, 0.15) is 6.04 Å². The number of nitrogens with zero attached hydrogens (tertiary/aromatic N) is 1. The Morgan fingerprint density at radius 3 is 2.65 bits per heavy atom. The fourth-order valence-electron chi connectivity index (χ4n) is 2.76. The monoisotopic (exact) mass is 465 g/mol. The van der Waals surface area contributed by atoms with Crippen LogP contribution in [0.4, 0.5) is 0 Å². The minimum Gasteiger partial charge on any atom is -0.477 e. The number of thioether (sulfide) groups is 1. The van der Waals surface area contributed by atoms with Gasteiger partial charge in [-0.15, -0.1) is 0 Å². The summed E-state index contributed by atoms with van der Waals surface area (Å²) in [6.45, 7) is 4.73. The number of carbonyl (C=O) groups is 1. The molecule has 0 fully saturated rings. The van der Waals surface area contributed by atoms with Gasteiger partial charge in [-0.25, -0.2) is 13.4 Å². The molecule has 0 radical (unpaired) electrons. The molecule has 7 nitrogen and oxygen atoms in total. The smallest absolute Gasteiger partial charge is 0.241 e. The zero-order valence-corrected chi connectivity index (χ0v) is 19.9. The van der Waals surface area contributed by atoms with Gasteiger partial charge >= 0.3 is 0 Å². The summed E-state index contributed by atoms with van der Waals surface area (Å²) < 4.78 is 33.8. The highest BCUT2D eigenvalue weighted by atomic mass is 32.2. The zero-order valence-electron chi connectivity index (χ0n) is 18.3. The maximum atomic E-state index is 12.8. The van der Waals surface area contributed by atoms with Gasteiger partial charge in [-0.05, 0) is 50.0 Å². The van der Waals surface area contributed by atoms with Crippen molar-refractivity contribution in [2.24, 2.45) is 0 Å². The largest absolute Gasteiger partial charge is 0.477 e. The van der Waals surface area contributed by atoms with Crippen molar-refractivity contribution in [1.29, 1.82) is 0 Å². The first-order valence-electron chi connectivity index (χ1n) is 10.3. The maximum absolute atomic E-state index is 12.8. The molecule has 1 aromatic heterocycles. The predicted octanol–water partition coefficient (Wildman–Crippen LogP) is 3.29. The van der Waals surface area contributed by atoms with Crippen LogP contribution in [-0.2, 0) is 21.4 Å². The topological polar surface area (TPSA) is 97.4 Å². The van der Waals surface area contributed by atoms with Gasteiger partial charge in [0.05, 0.1) is 11.5 Å². The Balaban J connectivity index is 2.07. The van der Waals surface area contributed by atoms with E-state index in [0.717, 1.165) is 24.0 Å². The van der Waals surface area contributed by atoms with E-state index in [0.29, 0.717) is 24.7 Å². The lowest BCUT2D eigenvalue weighted by Gasteiger charge is -2.19. The molecule has 2 rings (SSSR count). The second kappa shape index (κ2) is 12.7. The molecule has 0 aliphatic heterocycles. The molecule has 1 amide bonds. The lowest BCUT2D eigenvalue weighted by Crippen LogP contribution is -2.46. The van der Waals surface area contributed by atoms with Crippen LogP contribution in [0.5, 0.6) is 5.88 Å². The first-order valence-corrected chi connectivity index (χ1v) is 13.2. The van der Waals surface area contributed by atoms with E-state index in [9.17, 15) is 13.2 Å². The van der Waals surface area contributed by atoms with Gasteiger partial charge < -0.3 is 10.1 Å². The molecule has 31 heavy (non-hydrogen) atoms. The van der Waals surface area contributed by atoms with Crippen molar-refractivity contribution >= 4 is 27.7 Å². The fourth-order valence-corrected chi connectivity index (χ4v) is 4.46. The summed E-state index contributed by atoms with van der Waals surface area (Å²) in [5.74, 6) is 0.748. The molecular weight excluding hydrogens is 434 g/mol. The Hall–Kier alpha value is -2.10. The number of benzene rings is 1. The minimum atomic E-state index is -3.81.